The van der Waals surface area contributed by atoms with Crippen LogP contribution in [0.2, 0.25) is 0 Å². The molecule has 0 aliphatic rings. The van der Waals surface area contributed by atoms with Gasteiger partial charge in [-0.3, -0.25) is 0 Å². The van der Waals surface area contributed by atoms with Crippen LogP contribution in [0, 0.1) is 0 Å². The van der Waals surface area contributed by atoms with Gasteiger partial charge < -0.3 is 13.4 Å². The number of nitrogens with zero attached hydrogens (tertiary/aromatic N) is 4. The van der Waals surface area contributed by atoms with Crippen LogP contribution in [0.3, 0.4) is 0 Å². The lowest BCUT2D eigenvalue weighted by atomic mass is 10.0. The van der Waals surface area contributed by atoms with E-state index in [2.05, 4.69) is 114 Å². The van der Waals surface area contributed by atoms with Crippen molar-refractivity contribution in [1.29, 1.82) is 0 Å². The van der Waals surface area contributed by atoms with E-state index in [1.165, 1.54) is 21.8 Å². The van der Waals surface area contributed by atoms with Crippen LogP contribution in [-0.4, -0.2) is 19.5 Å². The zero-order valence-electron chi connectivity index (χ0n) is 30.4. The smallest absolute Gasteiger partial charge is 0.164 e. The van der Waals surface area contributed by atoms with E-state index in [0.717, 1.165) is 77.4 Å². The molecule has 6 nitrogen and oxygen atoms in total. The molecule has 8 aromatic carbocycles. The van der Waals surface area contributed by atoms with Crippen molar-refractivity contribution in [2.45, 2.75) is 0 Å². The number of aromatic nitrogens is 4. The van der Waals surface area contributed by atoms with Crippen molar-refractivity contribution in [2.75, 3.05) is 0 Å². The molecular formula is C51H30N4O2. The fourth-order valence-corrected chi connectivity index (χ4v) is 8.38. The van der Waals surface area contributed by atoms with Crippen molar-refractivity contribution in [3.63, 3.8) is 0 Å². The molecule has 0 amide bonds. The molecule has 0 unspecified atom stereocenters. The highest BCUT2D eigenvalue weighted by molar-refractivity contribution is 6.13. The summed E-state index contributed by atoms with van der Waals surface area (Å²) in [5, 5.41) is 6.64. The van der Waals surface area contributed by atoms with Crippen molar-refractivity contribution in [1.82, 2.24) is 19.5 Å². The van der Waals surface area contributed by atoms with Crippen molar-refractivity contribution in [2.24, 2.45) is 0 Å². The highest BCUT2D eigenvalue weighted by atomic mass is 16.3. The molecule has 0 radical (unpaired) electrons. The lowest BCUT2D eigenvalue weighted by molar-refractivity contribution is 0.668. The Morgan fingerprint density at radius 3 is 1.60 bits per heavy atom. The predicted octanol–water partition coefficient (Wildman–Crippen LogP) is 13.4. The fourth-order valence-electron chi connectivity index (χ4n) is 8.38. The Balaban J connectivity index is 0.959. The molecule has 0 spiro atoms. The van der Waals surface area contributed by atoms with Crippen molar-refractivity contribution >= 4 is 65.7 Å². The number of hydrogen-bond donors (Lipinski definition) is 0. The molecule has 0 N–H and O–H groups in total. The highest BCUT2D eigenvalue weighted by Crippen LogP contribution is 2.40. The van der Waals surface area contributed by atoms with Gasteiger partial charge in [-0.25, -0.2) is 15.0 Å². The van der Waals surface area contributed by atoms with E-state index in [-0.39, 0.29) is 0 Å². The van der Waals surface area contributed by atoms with Gasteiger partial charge >= 0.3 is 0 Å². The van der Waals surface area contributed by atoms with Crippen molar-refractivity contribution in [3.05, 3.63) is 182 Å². The number of furan rings is 2. The third-order valence-corrected chi connectivity index (χ3v) is 11.1. The molecule has 12 aromatic rings. The SMILES string of the molecule is c1ccc(-c2nc(-c3ccccc3)nc(-c3ccc4oc5c(-c6ccc7c(c6)oc6ccc(-n8c9ccccc9c9ccccc98)cc67)cccc5c4c3)n2)cc1. The minimum absolute atomic E-state index is 0.603. The predicted molar refractivity (Wildman–Crippen MR) is 230 cm³/mol. The van der Waals surface area contributed by atoms with Crippen LogP contribution in [0.25, 0.3) is 117 Å². The molecule has 0 saturated heterocycles. The van der Waals surface area contributed by atoms with Gasteiger partial charge in [0, 0.05) is 60.3 Å². The quantitative estimate of drug-likeness (QED) is 0.176. The van der Waals surface area contributed by atoms with Crippen LogP contribution in [0.5, 0.6) is 0 Å². The van der Waals surface area contributed by atoms with Crippen LogP contribution < -0.4 is 0 Å². The minimum atomic E-state index is 0.603. The standard InChI is InChI=1S/C51H30N4O2/c1-3-12-31(13-4-1)49-52-50(32-14-5-2-6-15-32)54-51(53-49)34-23-26-46-41(28-34)40-19-11-18-36(48(40)57-46)33-22-25-39-42-30-35(24-27-45(42)56-47(39)29-33)55-43-20-9-7-16-37(43)38-17-8-10-21-44(38)55/h1-30H. The third-order valence-electron chi connectivity index (χ3n) is 11.1. The summed E-state index contributed by atoms with van der Waals surface area (Å²) in [4.78, 5) is 14.8. The van der Waals surface area contributed by atoms with Gasteiger partial charge in [0.2, 0.25) is 0 Å². The number of para-hydroxylation sites is 3. The Kier molecular flexibility index (Phi) is 6.83. The summed E-state index contributed by atoms with van der Waals surface area (Å²) in [6, 6.07) is 62.7. The molecule has 0 saturated carbocycles. The van der Waals surface area contributed by atoms with Crippen LogP contribution >= 0.6 is 0 Å². The lowest BCUT2D eigenvalue weighted by Crippen LogP contribution is -2.00. The van der Waals surface area contributed by atoms with E-state index < -0.39 is 0 Å². The maximum atomic E-state index is 6.63. The molecule has 0 bridgehead atoms. The lowest BCUT2D eigenvalue weighted by Gasteiger charge is -2.08. The summed E-state index contributed by atoms with van der Waals surface area (Å²) in [5.41, 5.74) is 11.5. The zero-order chi connectivity index (χ0) is 37.5. The minimum Gasteiger partial charge on any atom is -0.456 e. The Morgan fingerprint density at radius 2 is 0.895 bits per heavy atom. The molecule has 4 aromatic heterocycles. The first-order valence-corrected chi connectivity index (χ1v) is 19.0. The first kappa shape index (κ1) is 31.5. The van der Waals surface area contributed by atoms with Crippen molar-refractivity contribution in [3.8, 4) is 51.0 Å². The molecular weight excluding hydrogens is 701 g/mol. The molecule has 4 heterocycles. The average Bonchev–Trinajstić information content (AvgIpc) is 3.95. The molecule has 0 fully saturated rings. The maximum absolute atomic E-state index is 6.63. The number of benzene rings is 8. The van der Waals surface area contributed by atoms with Gasteiger partial charge in [0.15, 0.2) is 17.5 Å². The normalized spacial score (nSPS) is 11.9. The molecule has 0 aliphatic heterocycles. The Labute approximate surface area is 325 Å². The van der Waals surface area contributed by atoms with Gasteiger partial charge in [0.1, 0.15) is 22.3 Å². The summed E-state index contributed by atoms with van der Waals surface area (Å²) < 4.78 is 15.5. The van der Waals surface area contributed by atoms with Crippen LogP contribution in [-0.2, 0) is 0 Å². The molecule has 266 valence electrons. The van der Waals surface area contributed by atoms with Gasteiger partial charge in [-0.1, -0.05) is 121 Å². The summed E-state index contributed by atoms with van der Waals surface area (Å²) >= 11 is 0. The Hall–Kier alpha value is -7.83. The average molecular weight is 731 g/mol. The maximum Gasteiger partial charge on any atom is 0.164 e. The van der Waals surface area contributed by atoms with Crippen LogP contribution in [0.1, 0.15) is 0 Å². The summed E-state index contributed by atoms with van der Waals surface area (Å²) in [7, 11) is 0. The van der Waals surface area contributed by atoms with E-state index in [4.69, 9.17) is 23.8 Å². The van der Waals surface area contributed by atoms with Crippen LogP contribution in [0.4, 0.5) is 0 Å². The molecule has 12 rings (SSSR count). The van der Waals surface area contributed by atoms with E-state index in [9.17, 15) is 0 Å². The van der Waals surface area contributed by atoms with E-state index in [1.54, 1.807) is 0 Å². The molecule has 6 heteroatoms. The van der Waals surface area contributed by atoms with E-state index in [0.29, 0.717) is 17.5 Å². The number of hydrogen-bond acceptors (Lipinski definition) is 5. The zero-order valence-corrected chi connectivity index (χ0v) is 30.4. The Morgan fingerprint density at radius 1 is 0.333 bits per heavy atom. The number of fused-ring (bicyclic) bond motifs is 9. The summed E-state index contributed by atoms with van der Waals surface area (Å²) in [6.07, 6.45) is 0. The molecule has 57 heavy (non-hydrogen) atoms. The van der Waals surface area contributed by atoms with Gasteiger partial charge in [-0.2, -0.15) is 0 Å². The Bertz CT molecular complexity index is 3410. The van der Waals surface area contributed by atoms with E-state index >= 15 is 0 Å². The fraction of sp³-hybridized carbons (Fsp3) is 0. The summed E-state index contributed by atoms with van der Waals surface area (Å²) in [5.74, 6) is 1.86. The van der Waals surface area contributed by atoms with Gasteiger partial charge in [0.25, 0.3) is 0 Å². The first-order chi connectivity index (χ1) is 28.2. The largest absolute Gasteiger partial charge is 0.456 e. The molecule has 0 atom stereocenters. The van der Waals surface area contributed by atoms with E-state index in [1.807, 2.05) is 72.8 Å². The summed E-state index contributed by atoms with van der Waals surface area (Å²) in [6.45, 7) is 0. The molecule has 0 aliphatic carbocycles. The third kappa shape index (κ3) is 5.01. The second-order valence-corrected chi connectivity index (χ2v) is 14.4. The highest BCUT2D eigenvalue weighted by Gasteiger charge is 2.18. The second-order valence-electron chi connectivity index (χ2n) is 14.4. The second kappa shape index (κ2) is 12.3. The van der Waals surface area contributed by atoms with Gasteiger partial charge in [-0.15, -0.1) is 0 Å². The van der Waals surface area contributed by atoms with Crippen LogP contribution in [0.15, 0.2) is 191 Å². The first-order valence-electron chi connectivity index (χ1n) is 19.0. The van der Waals surface area contributed by atoms with Gasteiger partial charge in [0.05, 0.1) is 11.0 Å². The van der Waals surface area contributed by atoms with Crippen molar-refractivity contribution < 1.29 is 8.83 Å². The monoisotopic (exact) mass is 730 g/mol. The van der Waals surface area contributed by atoms with Gasteiger partial charge in [-0.05, 0) is 66.2 Å². The number of rotatable bonds is 5. The topological polar surface area (TPSA) is 69.9 Å².